The van der Waals surface area contributed by atoms with Crippen molar-refractivity contribution in [1.29, 1.82) is 0 Å². The van der Waals surface area contributed by atoms with Crippen molar-refractivity contribution in [2.45, 2.75) is 32.5 Å². The van der Waals surface area contributed by atoms with Gasteiger partial charge in [0.05, 0.1) is 0 Å². The normalized spacial score (nSPS) is 14.1. The van der Waals surface area contributed by atoms with E-state index in [4.69, 9.17) is 0 Å². The fourth-order valence-corrected chi connectivity index (χ4v) is 3.21. The summed E-state index contributed by atoms with van der Waals surface area (Å²) in [6.07, 6.45) is -1.20. The summed E-state index contributed by atoms with van der Waals surface area (Å²) >= 11 is 0. The van der Waals surface area contributed by atoms with Gasteiger partial charge in [-0.1, -0.05) is 0 Å². The summed E-state index contributed by atoms with van der Waals surface area (Å²) in [5, 5.41) is 8.38. The van der Waals surface area contributed by atoms with Crippen molar-refractivity contribution in [2.24, 2.45) is 0 Å². The first-order valence-electron chi connectivity index (χ1n) is 10.0. The topological polar surface area (TPSA) is 91.4 Å². The number of anilines is 3. The number of urea groups is 1. The lowest BCUT2D eigenvalue weighted by molar-refractivity contribution is -0.274. The van der Waals surface area contributed by atoms with E-state index < -0.39 is 12.4 Å². The minimum Gasteiger partial charge on any atom is -0.406 e. The van der Waals surface area contributed by atoms with Gasteiger partial charge in [0.1, 0.15) is 23.2 Å². The van der Waals surface area contributed by atoms with Crippen LogP contribution in [0.5, 0.6) is 5.75 Å². The van der Waals surface area contributed by atoms with Gasteiger partial charge in [-0.05, 0) is 50.5 Å². The Morgan fingerprint density at radius 2 is 1.81 bits per heavy atom. The number of hydrogen-bond donors (Lipinski definition) is 3. The van der Waals surface area contributed by atoms with Crippen LogP contribution >= 0.6 is 0 Å². The molecule has 1 aromatic carbocycles. The van der Waals surface area contributed by atoms with E-state index >= 15 is 0 Å². The molecule has 1 saturated heterocycles. The molecule has 1 aliphatic rings. The highest BCUT2D eigenvalue weighted by Crippen LogP contribution is 2.24. The van der Waals surface area contributed by atoms with Crippen LogP contribution in [0.15, 0.2) is 30.3 Å². The molecule has 11 heteroatoms. The molecule has 2 aromatic rings. The molecule has 0 radical (unpaired) electrons. The summed E-state index contributed by atoms with van der Waals surface area (Å²) in [5.41, 5.74) is 0.345. The van der Waals surface area contributed by atoms with Crippen LogP contribution in [0.1, 0.15) is 25.1 Å². The van der Waals surface area contributed by atoms with Gasteiger partial charge in [-0.3, -0.25) is 0 Å². The van der Waals surface area contributed by atoms with Crippen LogP contribution < -0.4 is 25.6 Å². The third-order valence-electron chi connectivity index (χ3n) is 4.57. The van der Waals surface area contributed by atoms with Crippen molar-refractivity contribution < 1.29 is 22.7 Å². The number of rotatable bonds is 7. The van der Waals surface area contributed by atoms with E-state index in [0.29, 0.717) is 30.4 Å². The Morgan fingerprint density at radius 1 is 1.10 bits per heavy atom. The Morgan fingerprint density at radius 3 is 2.48 bits per heavy atom. The third kappa shape index (κ3) is 7.50. The number of carbonyl (C=O) groups is 1. The fraction of sp³-hybridized carbons (Fsp3) is 0.450. The third-order valence-corrected chi connectivity index (χ3v) is 4.57. The smallest absolute Gasteiger partial charge is 0.406 e. The molecule has 1 aliphatic heterocycles. The molecule has 0 aliphatic carbocycles. The van der Waals surface area contributed by atoms with E-state index in [0.717, 1.165) is 43.9 Å². The van der Waals surface area contributed by atoms with Crippen molar-refractivity contribution in [1.82, 2.24) is 15.3 Å². The maximum Gasteiger partial charge on any atom is 0.573 e. The average molecular weight is 438 g/mol. The quantitative estimate of drug-likeness (QED) is 0.568. The maximum atomic E-state index is 12.2. The summed E-state index contributed by atoms with van der Waals surface area (Å²) in [6, 6.07) is 6.33. The van der Waals surface area contributed by atoms with Crippen LogP contribution in [0, 0.1) is 6.92 Å². The Balaban J connectivity index is 1.42. The van der Waals surface area contributed by atoms with E-state index in [1.54, 1.807) is 0 Å². The summed E-state index contributed by atoms with van der Waals surface area (Å²) in [4.78, 5) is 23.1. The molecule has 0 saturated carbocycles. The van der Waals surface area contributed by atoms with Crippen LogP contribution in [-0.2, 0) is 0 Å². The van der Waals surface area contributed by atoms with Gasteiger partial charge in [0.25, 0.3) is 0 Å². The number of piperidine rings is 1. The average Bonchev–Trinajstić information content (AvgIpc) is 2.72. The van der Waals surface area contributed by atoms with Gasteiger partial charge >= 0.3 is 12.4 Å². The van der Waals surface area contributed by atoms with Crippen LogP contribution in [0.2, 0.25) is 0 Å². The zero-order valence-electron chi connectivity index (χ0n) is 17.1. The lowest BCUT2D eigenvalue weighted by Crippen LogP contribution is -2.33. The first-order valence-corrected chi connectivity index (χ1v) is 10.0. The van der Waals surface area contributed by atoms with Gasteiger partial charge in [0, 0.05) is 37.9 Å². The van der Waals surface area contributed by atoms with Gasteiger partial charge in [0.2, 0.25) is 0 Å². The van der Waals surface area contributed by atoms with Gasteiger partial charge in [-0.15, -0.1) is 13.2 Å². The largest absolute Gasteiger partial charge is 0.573 e. The number of aromatic nitrogens is 2. The Bertz CT molecular complexity index is 870. The molecule has 31 heavy (non-hydrogen) atoms. The molecule has 0 unspecified atom stereocenters. The predicted octanol–water partition coefficient (Wildman–Crippen LogP) is 3.91. The molecule has 1 fully saturated rings. The van der Waals surface area contributed by atoms with Gasteiger partial charge in [-0.25, -0.2) is 14.8 Å². The number of amides is 2. The summed E-state index contributed by atoms with van der Waals surface area (Å²) < 4.78 is 40.3. The van der Waals surface area contributed by atoms with Crippen molar-refractivity contribution in [2.75, 3.05) is 41.7 Å². The lowest BCUT2D eigenvalue weighted by Gasteiger charge is -2.28. The number of benzene rings is 1. The Hall–Kier alpha value is -3.24. The molecule has 0 atom stereocenters. The molecule has 8 nitrogen and oxygen atoms in total. The van der Waals surface area contributed by atoms with E-state index in [1.807, 2.05) is 13.0 Å². The molecule has 0 bridgehead atoms. The van der Waals surface area contributed by atoms with Crippen molar-refractivity contribution in [3.63, 3.8) is 0 Å². The molecule has 3 rings (SSSR count). The van der Waals surface area contributed by atoms with E-state index in [9.17, 15) is 18.0 Å². The van der Waals surface area contributed by atoms with E-state index in [-0.39, 0.29) is 5.75 Å². The summed E-state index contributed by atoms with van der Waals surface area (Å²) in [6.45, 7) is 4.59. The number of aryl methyl sites for hydroxylation is 1. The minimum absolute atomic E-state index is 0.323. The van der Waals surface area contributed by atoms with Crippen molar-refractivity contribution in [3.05, 3.63) is 36.2 Å². The van der Waals surface area contributed by atoms with Crippen molar-refractivity contribution in [3.8, 4) is 5.75 Å². The summed E-state index contributed by atoms with van der Waals surface area (Å²) in [7, 11) is 0. The summed E-state index contributed by atoms with van der Waals surface area (Å²) in [5.74, 6) is 1.91. The molecule has 3 N–H and O–H groups in total. The molecule has 0 spiro atoms. The Labute approximate surface area is 178 Å². The Kier molecular flexibility index (Phi) is 7.37. The number of hydrogen-bond acceptors (Lipinski definition) is 6. The molecular formula is C20H25F3N6O2. The second-order valence-corrected chi connectivity index (χ2v) is 7.09. The van der Waals surface area contributed by atoms with Crippen LogP contribution in [0.3, 0.4) is 0 Å². The molecular weight excluding hydrogens is 413 g/mol. The van der Waals surface area contributed by atoms with Crippen LogP contribution in [0.25, 0.3) is 0 Å². The fourth-order valence-electron chi connectivity index (χ4n) is 3.21. The second kappa shape index (κ2) is 10.2. The zero-order valence-corrected chi connectivity index (χ0v) is 17.1. The highest BCUT2D eigenvalue weighted by molar-refractivity contribution is 5.89. The van der Waals surface area contributed by atoms with Gasteiger partial charge < -0.3 is 25.6 Å². The van der Waals surface area contributed by atoms with Crippen LogP contribution in [-0.4, -0.2) is 48.5 Å². The number of carbonyl (C=O) groups excluding carboxylic acids is 1. The highest BCUT2D eigenvalue weighted by atomic mass is 19.4. The number of halogens is 3. The highest BCUT2D eigenvalue weighted by Gasteiger charge is 2.30. The number of nitrogens with zero attached hydrogens (tertiary/aromatic N) is 3. The monoisotopic (exact) mass is 438 g/mol. The maximum absolute atomic E-state index is 12.2. The number of ether oxygens (including phenoxy) is 1. The lowest BCUT2D eigenvalue weighted by atomic mass is 10.1. The molecule has 1 aromatic heterocycles. The van der Waals surface area contributed by atoms with Gasteiger partial charge in [0.15, 0.2) is 0 Å². The molecule has 2 amide bonds. The number of nitrogens with one attached hydrogen (secondary N) is 3. The van der Waals surface area contributed by atoms with Gasteiger partial charge in [-0.2, -0.15) is 0 Å². The standard InChI is InChI=1S/C20H25F3N6O2/c1-14-26-17(13-18(27-14)29-11-3-2-4-12-29)24-9-10-25-19(30)28-15-5-7-16(8-6-15)31-20(21,22)23/h5-8,13H,2-4,9-12H2,1H3,(H,24,26,27)(H2,25,28,30). The van der Waals surface area contributed by atoms with Crippen molar-refractivity contribution >= 4 is 23.4 Å². The minimum atomic E-state index is -4.75. The molecule has 2 heterocycles. The number of alkyl halides is 3. The molecule has 168 valence electrons. The first kappa shape index (κ1) is 22.4. The second-order valence-electron chi connectivity index (χ2n) is 7.09. The SMILES string of the molecule is Cc1nc(NCCNC(=O)Nc2ccc(OC(F)(F)F)cc2)cc(N2CCCCC2)n1. The predicted molar refractivity (Wildman–Crippen MR) is 111 cm³/mol. The zero-order chi connectivity index (χ0) is 22.3. The van der Waals surface area contributed by atoms with E-state index in [2.05, 4.69) is 35.6 Å². The van der Waals surface area contributed by atoms with E-state index in [1.165, 1.54) is 18.6 Å². The van der Waals surface area contributed by atoms with Crippen LogP contribution in [0.4, 0.5) is 35.3 Å². The first-order chi connectivity index (χ1) is 14.8.